The highest BCUT2D eigenvalue weighted by atomic mass is 16.1. The van der Waals surface area contributed by atoms with Gasteiger partial charge < -0.3 is 4.90 Å². The first-order chi connectivity index (χ1) is 20.8. The minimum absolute atomic E-state index is 0.124. The van der Waals surface area contributed by atoms with Crippen LogP contribution in [0, 0.1) is 0 Å². The van der Waals surface area contributed by atoms with Gasteiger partial charge in [0.15, 0.2) is 0 Å². The third-order valence-electron chi connectivity index (χ3n) is 8.39. The highest BCUT2D eigenvalue weighted by molar-refractivity contribution is 6.06. The first kappa shape index (κ1) is 28.3. The normalized spacial score (nSPS) is 15.4. The maximum Gasteiger partial charge on any atom is 0.255 e. The summed E-state index contributed by atoms with van der Waals surface area (Å²) >= 11 is 0. The van der Waals surface area contributed by atoms with E-state index in [2.05, 4.69) is 79.0 Å². The summed E-state index contributed by atoms with van der Waals surface area (Å²) < 4.78 is 1.75. The maximum atomic E-state index is 13.5. The molecule has 1 fully saturated rings. The highest BCUT2D eigenvalue weighted by Crippen LogP contribution is 2.31. The molecule has 0 bridgehead atoms. The van der Waals surface area contributed by atoms with Gasteiger partial charge in [0.05, 0.1) is 11.0 Å². The Morgan fingerprint density at radius 2 is 1.49 bits per heavy atom. The van der Waals surface area contributed by atoms with E-state index in [1.165, 1.54) is 0 Å². The highest BCUT2D eigenvalue weighted by Gasteiger charge is 2.26. The van der Waals surface area contributed by atoms with Crippen molar-refractivity contribution in [2.75, 3.05) is 26.2 Å². The Bertz CT molecular complexity index is 1980. The van der Waals surface area contributed by atoms with Gasteiger partial charge in [0.2, 0.25) is 0 Å². The molecule has 6 nitrogen and oxygen atoms in total. The minimum atomic E-state index is -0.124. The third-order valence-corrected chi connectivity index (χ3v) is 8.39. The average Bonchev–Trinajstić information content (AvgIpc) is 3.02. The van der Waals surface area contributed by atoms with Crippen molar-refractivity contribution in [3.05, 3.63) is 127 Å². The van der Waals surface area contributed by atoms with E-state index < -0.39 is 0 Å². The number of hydrogen-bond donors (Lipinski definition) is 0. The first-order valence-electron chi connectivity index (χ1n) is 14.7. The SMILES string of the molecule is C=C/C(=C\C=C(/C=C)n1c(=O)ccc2cnc3ccc(-c4ccc5ccncc5c4)cc3c21)N1CCN(C(C)(C)C)CC1. The molecule has 0 unspecified atom stereocenters. The van der Waals surface area contributed by atoms with Gasteiger partial charge in [-0.2, -0.15) is 0 Å². The summed E-state index contributed by atoms with van der Waals surface area (Å²) in [4.78, 5) is 27.4. The van der Waals surface area contributed by atoms with Crippen molar-refractivity contribution >= 4 is 38.3 Å². The predicted molar refractivity (Wildman–Crippen MR) is 180 cm³/mol. The molecule has 43 heavy (non-hydrogen) atoms. The molecule has 0 radical (unpaired) electrons. The van der Waals surface area contributed by atoms with E-state index in [-0.39, 0.29) is 11.1 Å². The number of benzene rings is 2. The number of allylic oxidation sites excluding steroid dienone is 5. The molecule has 0 saturated carbocycles. The van der Waals surface area contributed by atoms with Crippen LogP contribution >= 0.6 is 0 Å². The van der Waals surface area contributed by atoms with Crippen LogP contribution < -0.4 is 5.56 Å². The van der Waals surface area contributed by atoms with Gasteiger partial charge in [0, 0.05) is 83.9 Å². The van der Waals surface area contributed by atoms with E-state index >= 15 is 0 Å². The Balaban J connectivity index is 1.45. The van der Waals surface area contributed by atoms with Gasteiger partial charge in [-0.25, -0.2) is 0 Å². The van der Waals surface area contributed by atoms with E-state index in [1.54, 1.807) is 22.9 Å². The van der Waals surface area contributed by atoms with Crippen molar-refractivity contribution in [3.8, 4) is 11.1 Å². The van der Waals surface area contributed by atoms with Crippen molar-refractivity contribution in [2.24, 2.45) is 0 Å². The summed E-state index contributed by atoms with van der Waals surface area (Å²) in [6.07, 6.45) is 13.1. The van der Waals surface area contributed by atoms with Crippen molar-refractivity contribution < 1.29 is 0 Å². The Kier molecular flexibility index (Phi) is 7.55. The molecule has 0 spiro atoms. The Morgan fingerprint density at radius 3 is 2.23 bits per heavy atom. The zero-order chi connectivity index (χ0) is 30.1. The van der Waals surface area contributed by atoms with Gasteiger partial charge in [0.25, 0.3) is 5.56 Å². The van der Waals surface area contributed by atoms with E-state index in [0.29, 0.717) is 5.70 Å². The molecular formula is C37H37N5O. The van der Waals surface area contributed by atoms with E-state index in [4.69, 9.17) is 4.98 Å². The Labute approximate surface area is 252 Å². The van der Waals surface area contributed by atoms with Gasteiger partial charge in [-0.1, -0.05) is 31.4 Å². The molecule has 0 aliphatic carbocycles. The largest absolute Gasteiger partial charge is 0.369 e. The van der Waals surface area contributed by atoms with Crippen molar-refractivity contribution in [1.29, 1.82) is 0 Å². The number of fused-ring (bicyclic) bond motifs is 4. The molecule has 0 amide bonds. The summed E-state index contributed by atoms with van der Waals surface area (Å²) in [5, 5.41) is 4.00. The van der Waals surface area contributed by atoms with Crippen LogP contribution in [0.25, 0.3) is 49.4 Å². The summed E-state index contributed by atoms with van der Waals surface area (Å²) in [5.41, 5.74) is 5.50. The minimum Gasteiger partial charge on any atom is -0.369 e. The van der Waals surface area contributed by atoms with Gasteiger partial charge >= 0.3 is 0 Å². The monoisotopic (exact) mass is 567 g/mol. The van der Waals surface area contributed by atoms with Crippen molar-refractivity contribution in [3.63, 3.8) is 0 Å². The van der Waals surface area contributed by atoms with Gasteiger partial charge in [-0.3, -0.25) is 24.2 Å². The number of piperazine rings is 1. The Hall–Kier alpha value is -4.81. The standard InChI is InChI=1S/C37H37N5O/c1-6-31(40-18-20-41(21-19-40)37(3,4)5)12-13-32(7-2)42-35(43)15-11-29-25-39-34-14-10-28(23-33(34)36(29)42)27-9-8-26-16-17-38-24-30(26)22-27/h6-17,22-25H,1-2,18-21H2,3-5H3/b31-12+,32-13+. The molecule has 4 heterocycles. The third kappa shape index (κ3) is 5.54. The second-order valence-corrected chi connectivity index (χ2v) is 12.0. The second kappa shape index (κ2) is 11.5. The van der Waals surface area contributed by atoms with Crippen molar-refractivity contribution in [1.82, 2.24) is 24.3 Å². The second-order valence-electron chi connectivity index (χ2n) is 12.0. The smallest absolute Gasteiger partial charge is 0.255 e. The molecule has 6 heteroatoms. The lowest BCUT2D eigenvalue weighted by Crippen LogP contribution is -2.52. The van der Waals surface area contributed by atoms with Gasteiger partial charge in [-0.15, -0.1) is 0 Å². The Morgan fingerprint density at radius 1 is 0.791 bits per heavy atom. The average molecular weight is 568 g/mol. The molecule has 0 N–H and O–H groups in total. The maximum absolute atomic E-state index is 13.5. The van der Waals surface area contributed by atoms with E-state index in [1.807, 2.05) is 48.8 Å². The number of aromatic nitrogens is 3. The number of rotatable bonds is 6. The first-order valence-corrected chi connectivity index (χ1v) is 14.7. The van der Waals surface area contributed by atoms with Crippen LogP contribution in [0.4, 0.5) is 0 Å². The van der Waals surface area contributed by atoms with Crippen LogP contribution in [0.5, 0.6) is 0 Å². The van der Waals surface area contributed by atoms with Crippen LogP contribution in [0.1, 0.15) is 20.8 Å². The van der Waals surface area contributed by atoms with Crippen molar-refractivity contribution in [2.45, 2.75) is 26.3 Å². The predicted octanol–water partition coefficient (Wildman–Crippen LogP) is 7.28. The summed E-state index contributed by atoms with van der Waals surface area (Å²) in [5.74, 6) is 0. The van der Waals surface area contributed by atoms with Crippen LogP contribution in [-0.2, 0) is 0 Å². The number of nitrogens with zero attached hydrogens (tertiary/aromatic N) is 5. The number of hydrogen-bond acceptors (Lipinski definition) is 5. The molecular weight excluding hydrogens is 530 g/mol. The fourth-order valence-electron chi connectivity index (χ4n) is 5.95. The quantitative estimate of drug-likeness (QED) is 0.159. The van der Waals surface area contributed by atoms with Gasteiger partial charge in [-0.05, 0) is 91.9 Å². The fourth-order valence-corrected chi connectivity index (χ4v) is 5.95. The van der Waals surface area contributed by atoms with Gasteiger partial charge in [0.1, 0.15) is 0 Å². The van der Waals surface area contributed by atoms with Crippen LogP contribution in [-0.4, -0.2) is 56.1 Å². The fraction of sp³-hybridized carbons (Fsp3) is 0.216. The molecule has 3 aromatic heterocycles. The lowest BCUT2D eigenvalue weighted by atomic mass is 9.99. The van der Waals surface area contributed by atoms with Crippen LogP contribution in [0.15, 0.2) is 121 Å². The van der Waals surface area contributed by atoms with Crippen LogP contribution in [0.3, 0.4) is 0 Å². The lowest BCUT2D eigenvalue weighted by Gasteiger charge is -2.43. The molecule has 1 aliphatic heterocycles. The molecule has 6 rings (SSSR count). The zero-order valence-electron chi connectivity index (χ0n) is 25.1. The molecule has 0 atom stereocenters. The van der Waals surface area contributed by atoms with Crippen LogP contribution in [0.2, 0.25) is 0 Å². The van der Waals surface area contributed by atoms with E-state index in [0.717, 1.165) is 75.6 Å². The number of pyridine rings is 3. The summed E-state index contributed by atoms with van der Waals surface area (Å²) in [7, 11) is 0. The lowest BCUT2D eigenvalue weighted by molar-refractivity contribution is 0.0779. The van der Waals surface area contributed by atoms with E-state index in [9.17, 15) is 4.79 Å². The topological polar surface area (TPSA) is 54.3 Å². The molecule has 2 aromatic carbocycles. The summed E-state index contributed by atoms with van der Waals surface area (Å²) in [6.45, 7) is 18.8. The molecule has 216 valence electrons. The molecule has 5 aromatic rings. The molecule has 1 saturated heterocycles. The molecule has 1 aliphatic rings. The zero-order valence-corrected chi connectivity index (χ0v) is 25.1. The summed E-state index contributed by atoms with van der Waals surface area (Å²) in [6, 6.07) is 18.0.